The van der Waals surface area contributed by atoms with Gasteiger partial charge in [-0.1, -0.05) is 18.2 Å². The first kappa shape index (κ1) is 20.5. The highest BCUT2D eigenvalue weighted by Gasteiger charge is 2.31. The van der Waals surface area contributed by atoms with Gasteiger partial charge >= 0.3 is 0 Å². The highest BCUT2D eigenvalue weighted by Crippen LogP contribution is 2.41. The van der Waals surface area contributed by atoms with Crippen LogP contribution in [-0.4, -0.2) is 35.3 Å². The molecular weight excluding hydrogens is 396 g/mol. The maximum absolute atomic E-state index is 12.6. The summed E-state index contributed by atoms with van der Waals surface area (Å²) in [6.07, 6.45) is 2.08. The van der Waals surface area contributed by atoms with Crippen molar-refractivity contribution in [3.8, 4) is 17.2 Å². The molecule has 1 atom stereocenters. The zero-order valence-corrected chi connectivity index (χ0v) is 17.6. The molecule has 160 valence electrons. The Morgan fingerprint density at radius 1 is 1.26 bits per heavy atom. The fourth-order valence-electron chi connectivity index (χ4n) is 3.83. The molecule has 0 aliphatic carbocycles. The lowest BCUT2D eigenvalue weighted by molar-refractivity contribution is -0.120. The third kappa shape index (κ3) is 3.84. The lowest BCUT2D eigenvalue weighted by Gasteiger charge is -2.25. The number of rotatable bonds is 6. The van der Waals surface area contributed by atoms with Gasteiger partial charge in [0.15, 0.2) is 18.1 Å². The molecule has 31 heavy (non-hydrogen) atoms. The Labute approximate surface area is 180 Å². The normalized spacial score (nSPS) is 15.2. The van der Waals surface area contributed by atoms with Crippen LogP contribution in [0.2, 0.25) is 0 Å². The van der Waals surface area contributed by atoms with Crippen LogP contribution in [0.3, 0.4) is 0 Å². The van der Waals surface area contributed by atoms with Crippen LogP contribution < -0.4 is 20.5 Å². The molecule has 1 unspecified atom stereocenters. The Kier molecular flexibility index (Phi) is 5.37. The number of ether oxygens (including phenoxy) is 2. The van der Waals surface area contributed by atoms with E-state index in [0.717, 1.165) is 27.9 Å². The van der Waals surface area contributed by atoms with E-state index in [-0.39, 0.29) is 24.9 Å². The number of methoxy groups -OCH3 is 1. The standard InChI is InChI=1S/C23H24N4O4/c1-13-5-4-6-18(14(13)2)27-23-17(11-25-27)16(10-22(29)26-23)15-7-8-19(20(9-15)30-3)31-12-21(24)28/h4-9,11,16H,10,12H2,1-3H3,(H2,24,28)(H,26,29). The van der Waals surface area contributed by atoms with Crippen molar-refractivity contribution in [3.05, 3.63) is 64.8 Å². The molecule has 8 nitrogen and oxygen atoms in total. The highest BCUT2D eigenvalue weighted by atomic mass is 16.5. The van der Waals surface area contributed by atoms with E-state index in [4.69, 9.17) is 15.2 Å². The smallest absolute Gasteiger partial charge is 0.255 e. The van der Waals surface area contributed by atoms with Crippen LogP contribution in [-0.2, 0) is 9.59 Å². The van der Waals surface area contributed by atoms with E-state index in [1.807, 2.05) is 44.2 Å². The third-order valence-corrected chi connectivity index (χ3v) is 5.58. The molecule has 2 aromatic carbocycles. The summed E-state index contributed by atoms with van der Waals surface area (Å²) in [5.74, 6) is 0.700. The summed E-state index contributed by atoms with van der Waals surface area (Å²) in [5.41, 5.74) is 10.1. The third-order valence-electron chi connectivity index (χ3n) is 5.58. The monoisotopic (exact) mass is 420 g/mol. The molecule has 0 saturated carbocycles. The van der Waals surface area contributed by atoms with Crippen molar-refractivity contribution in [2.45, 2.75) is 26.2 Å². The second-order valence-electron chi connectivity index (χ2n) is 7.55. The van der Waals surface area contributed by atoms with Gasteiger partial charge in [0.25, 0.3) is 5.91 Å². The molecular formula is C23H24N4O4. The van der Waals surface area contributed by atoms with Crippen molar-refractivity contribution in [1.82, 2.24) is 9.78 Å². The first-order chi connectivity index (χ1) is 14.9. The zero-order chi connectivity index (χ0) is 22.1. The van der Waals surface area contributed by atoms with Gasteiger partial charge in [0.05, 0.1) is 19.0 Å². The number of fused-ring (bicyclic) bond motifs is 1. The average molecular weight is 420 g/mol. The first-order valence-corrected chi connectivity index (χ1v) is 9.92. The van der Waals surface area contributed by atoms with Crippen LogP contribution in [0, 0.1) is 13.8 Å². The van der Waals surface area contributed by atoms with E-state index in [9.17, 15) is 9.59 Å². The summed E-state index contributed by atoms with van der Waals surface area (Å²) in [6.45, 7) is 3.84. The lowest BCUT2D eigenvalue weighted by Crippen LogP contribution is -2.25. The molecule has 8 heteroatoms. The quantitative estimate of drug-likeness (QED) is 0.637. The van der Waals surface area contributed by atoms with Crippen LogP contribution in [0.1, 0.15) is 34.6 Å². The fourth-order valence-corrected chi connectivity index (χ4v) is 3.83. The lowest BCUT2D eigenvalue weighted by atomic mass is 9.87. The van der Waals surface area contributed by atoms with Crippen LogP contribution in [0.25, 0.3) is 5.69 Å². The number of amides is 2. The van der Waals surface area contributed by atoms with Gasteiger partial charge in [-0.15, -0.1) is 0 Å². The van der Waals surface area contributed by atoms with Crippen molar-refractivity contribution in [2.24, 2.45) is 5.73 Å². The molecule has 0 spiro atoms. The summed E-state index contributed by atoms with van der Waals surface area (Å²) in [7, 11) is 1.52. The minimum Gasteiger partial charge on any atom is -0.493 e. The predicted octanol–water partition coefficient (Wildman–Crippen LogP) is 2.84. The molecule has 3 aromatic rings. The number of primary amides is 1. The van der Waals surface area contributed by atoms with Gasteiger partial charge < -0.3 is 20.5 Å². The van der Waals surface area contributed by atoms with Gasteiger partial charge in [0, 0.05) is 17.9 Å². The van der Waals surface area contributed by atoms with Crippen molar-refractivity contribution in [2.75, 3.05) is 19.0 Å². The second-order valence-corrected chi connectivity index (χ2v) is 7.55. The van der Waals surface area contributed by atoms with Crippen molar-refractivity contribution in [1.29, 1.82) is 0 Å². The van der Waals surface area contributed by atoms with Crippen molar-refractivity contribution < 1.29 is 19.1 Å². The molecule has 2 amide bonds. The Morgan fingerprint density at radius 2 is 2.06 bits per heavy atom. The Bertz CT molecular complexity index is 1170. The van der Waals surface area contributed by atoms with Gasteiger partial charge in [-0.2, -0.15) is 5.10 Å². The van der Waals surface area contributed by atoms with Gasteiger partial charge in [-0.05, 0) is 48.7 Å². The summed E-state index contributed by atoms with van der Waals surface area (Å²) in [5, 5.41) is 7.56. The molecule has 0 radical (unpaired) electrons. The highest BCUT2D eigenvalue weighted by molar-refractivity contribution is 5.94. The maximum atomic E-state index is 12.6. The number of carbonyl (C=O) groups is 2. The topological polar surface area (TPSA) is 108 Å². The van der Waals surface area contributed by atoms with E-state index in [1.165, 1.54) is 7.11 Å². The first-order valence-electron chi connectivity index (χ1n) is 9.92. The molecule has 1 aliphatic rings. The van der Waals surface area contributed by atoms with E-state index in [2.05, 4.69) is 10.4 Å². The van der Waals surface area contributed by atoms with Crippen molar-refractivity contribution in [3.63, 3.8) is 0 Å². The number of aromatic nitrogens is 2. The van der Waals surface area contributed by atoms with E-state index < -0.39 is 5.91 Å². The van der Waals surface area contributed by atoms with Crippen LogP contribution in [0.4, 0.5) is 5.82 Å². The average Bonchev–Trinajstić information content (AvgIpc) is 3.17. The number of aryl methyl sites for hydroxylation is 1. The molecule has 2 heterocycles. The fraction of sp³-hybridized carbons (Fsp3) is 0.261. The number of benzene rings is 2. The number of nitrogens with one attached hydrogen (secondary N) is 1. The SMILES string of the molecule is COc1cc(C2CC(=O)Nc3c2cnn3-c2cccc(C)c2C)ccc1OCC(N)=O. The Morgan fingerprint density at radius 3 is 2.81 bits per heavy atom. The summed E-state index contributed by atoms with van der Waals surface area (Å²) >= 11 is 0. The van der Waals surface area contributed by atoms with E-state index >= 15 is 0 Å². The minimum atomic E-state index is -0.571. The van der Waals surface area contributed by atoms with Crippen LogP contribution in [0.15, 0.2) is 42.6 Å². The van der Waals surface area contributed by atoms with Crippen LogP contribution in [0.5, 0.6) is 11.5 Å². The van der Waals surface area contributed by atoms with Gasteiger partial charge in [-0.3, -0.25) is 9.59 Å². The van der Waals surface area contributed by atoms with Crippen molar-refractivity contribution >= 4 is 17.6 Å². The molecule has 1 aromatic heterocycles. The molecule has 3 N–H and O–H groups in total. The van der Waals surface area contributed by atoms with Crippen LogP contribution >= 0.6 is 0 Å². The number of hydrogen-bond acceptors (Lipinski definition) is 5. The van der Waals surface area contributed by atoms with E-state index in [1.54, 1.807) is 16.9 Å². The molecule has 0 saturated heterocycles. The second kappa shape index (κ2) is 8.14. The Hall–Kier alpha value is -3.81. The van der Waals surface area contributed by atoms with Gasteiger partial charge in [0.1, 0.15) is 5.82 Å². The summed E-state index contributed by atoms with van der Waals surface area (Å²) in [4.78, 5) is 23.6. The van der Waals surface area contributed by atoms with Gasteiger partial charge in [-0.25, -0.2) is 4.68 Å². The number of nitrogens with zero attached hydrogens (tertiary/aromatic N) is 2. The number of hydrogen-bond donors (Lipinski definition) is 2. The number of anilines is 1. The summed E-state index contributed by atoms with van der Waals surface area (Å²) < 4.78 is 12.6. The van der Waals surface area contributed by atoms with Gasteiger partial charge in [0.2, 0.25) is 5.91 Å². The molecule has 0 bridgehead atoms. The maximum Gasteiger partial charge on any atom is 0.255 e. The minimum absolute atomic E-state index is 0.0856. The number of carbonyl (C=O) groups excluding carboxylic acids is 2. The van der Waals surface area contributed by atoms with E-state index in [0.29, 0.717) is 17.3 Å². The summed E-state index contributed by atoms with van der Waals surface area (Å²) in [6, 6.07) is 11.4. The molecule has 1 aliphatic heterocycles. The predicted molar refractivity (Wildman–Crippen MR) is 116 cm³/mol. The number of nitrogens with two attached hydrogens (primary N) is 1. The largest absolute Gasteiger partial charge is 0.493 e. The molecule has 0 fully saturated rings. The molecule has 4 rings (SSSR count). The zero-order valence-electron chi connectivity index (χ0n) is 17.6. The Balaban J connectivity index is 1.74.